The molecule has 18 heavy (non-hydrogen) atoms. The van der Waals surface area contributed by atoms with Crippen molar-refractivity contribution < 1.29 is 14.6 Å². The van der Waals surface area contributed by atoms with Crippen molar-refractivity contribution in [2.45, 2.75) is 57.5 Å². The summed E-state index contributed by atoms with van der Waals surface area (Å²) < 4.78 is 11.3. The molecule has 1 saturated carbocycles. The fourth-order valence-electron chi connectivity index (χ4n) is 4.03. The Balaban J connectivity index is 1.60. The Kier molecular flexibility index (Phi) is 2.98. The Morgan fingerprint density at radius 2 is 2.06 bits per heavy atom. The zero-order valence-electron chi connectivity index (χ0n) is 11.6. The minimum atomic E-state index is -0.694. The van der Waals surface area contributed by atoms with Crippen molar-refractivity contribution in [3.63, 3.8) is 0 Å². The molecule has 0 radical (unpaired) electrons. The minimum absolute atomic E-state index is 0.0659. The second kappa shape index (κ2) is 4.17. The maximum Gasteiger partial charge on any atom is 0.105 e. The van der Waals surface area contributed by atoms with Gasteiger partial charge in [0.1, 0.15) is 5.60 Å². The summed E-state index contributed by atoms with van der Waals surface area (Å²) in [6, 6.07) is 0.460. The largest absolute Gasteiger partial charge is 0.386 e. The topological polar surface area (TPSA) is 50.7 Å². The van der Waals surface area contributed by atoms with Gasteiger partial charge in [0, 0.05) is 43.6 Å². The minimum Gasteiger partial charge on any atom is -0.386 e. The molecule has 1 aliphatic carbocycles. The number of fused-ring (bicyclic) bond motifs is 1. The molecule has 3 rings (SSSR count). The van der Waals surface area contributed by atoms with Gasteiger partial charge in [-0.1, -0.05) is 13.8 Å². The summed E-state index contributed by atoms with van der Waals surface area (Å²) >= 11 is 0. The van der Waals surface area contributed by atoms with E-state index in [-0.39, 0.29) is 11.5 Å². The smallest absolute Gasteiger partial charge is 0.105 e. The molecule has 2 saturated heterocycles. The van der Waals surface area contributed by atoms with Crippen LogP contribution in [-0.4, -0.2) is 48.7 Å². The van der Waals surface area contributed by atoms with Crippen LogP contribution in [0.2, 0.25) is 0 Å². The maximum atomic E-state index is 10.5. The first-order chi connectivity index (χ1) is 8.45. The number of ether oxygens (including phenoxy) is 2. The molecule has 0 bridgehead atoms. The molecule has 3 aliphatic rings. The third-order valence-corrected chi connectivity index (χ3v) is 5.39. The van der Waals surface area contributed by atoms with Gasteiger partial charge in [0.2, 0.25) is 0 Å². The van der Waals surface area contributed by atoms with Gasteiger partial charge in [0.05, 0.1) is 12.2 Å². The van der Waals surface area contributed by atoms with Crippen molar-refractivity contribution in [1.82, 2.24) is 5.32 Å². The fraction of sp³-hybridized carbons (Fsp3) is 1.00. The van der Waals surface area contributed by atoms with E-state index >= 15 is 0 Å². The summed E-state index contributed by atoms with van der Waals surface area (Å²) in [6.45, 7) is 8.67. The number of hydrogen-bond donors (Lipinski definition) is 2. The molecule has 4 heteroatoms. The summed E-state index contributed by atoms with van der Waals surface area (Å²) in [7, 11) is 0. The molecule has 104 valence electrons. The molecule has 2 heterocycles. The highest BCUT2D eigenvalue weighted by Gasteiger charge is 2.59. The number of aliphatic hydroxyl groups is 1. The highest BCUT2D eigenvalue weighted by molar-refractivity contribution is 5.12. The fourth-order valence-corrected chi connectivity index (χ4v) is 4.03. The van der Waals surface area contributed by atoms with Gasteiger partial charge in [-0.25, -0.2) is 0 Å². The van der Waals surface area contributed by atoms with E-state index in [0.29, 0.717) is 31.2 Å². The van der Waals surface area contributed by atoms with E-state index in [1.807, 2.05) is 6.92 Å². The van der Waals surface area contributed by atoms with Gasteiger partial charge < -0.3 is 19.9 Å². The lowest BCUT2D eigenvalue weighted by atomic mass is 9.57. The standard InChI is InChI=1S/C14H25NO3/c1-9-14(16,5-7-17-9)8-15-11-10-4-6-18-12(10)13(11,2)3/h9-12,15-16H,4-8H2,1-3H3/t9?,10-,11?,12-,14?/m0/s1. The average molecular weight is 255 g/mol. The molecular formula is C14H25NO3. The Labute approximate surface area is 109 Å². The SMILES string of the molecule is CC1OCCC1(O)CNC1[C@@H]2CCO[C@@H]2C1(C)C. The van der Waals surface area contributed by atoms with E-state index in [1.54, 1.807) is 0 Å². The van der Waals surface area contributed by atoms with Crippen LogP contribution < -0.4 is 5.32 Å². The molecule has 0 aromatic heterocycles. The lowest BCUT2D eigenvalue weighted by Gasteiger charge is -2.55. The van der Waals surface area contributed by atoms with E-state index in [4.69, 9.17) is 9.47 Å². The van der Waals surface area contributed by atoms with Crippen molar-refractivity contribution in [3.05, 3.63) is 0 Å². The Hall–Kier alpha value is -0.160. The number of nitrogens with one attached hydrogen (secondary N) is 1. The zero-order valence-corrected chi connectivity index (χ0v) is 11.6. The molecule has 0 aromatic carbocycles. The van der Waals surface area contributed by atoms with Crippen molar-refractivity contribution in [2.24, 2.45) is 11.3 Å². The van der Waals surface area contributed by atoms with E-state index in [1.165, 1.54) is 0 Å². The first kappa shape index (κ1) is 12.9. The van der Waals surface area contributed by atoms with Gasteiger partial charge in [0.25, 0.3) is 0 Å². The van der Waals surface area contributed by atoms with Crippen molar-refractivity contribution in [2.75, 3.05) is 19.8 Å². The van der Waals surface area contributed by atoms with E-state index < -0.39 is 5.60 Å². The van der Waals surface area contributed by atoms with Crippen LogP contribution >= 0.6 is 0 Å². The quantitative estimate of drug-likeness (QED) is 0.788. The second-order valence-corrected chi connectivity index (χ2v) is 6.79. The van der Waals surface area contributed by atoms with Gasteiger partial charge in [-0.2, -0.15) is 0 Å². The Morgan fingerprint density at radius 1 is 1.28 bits per heavy atom. The van der Waals surface area contributed by atoms with E-state index in [0.717, 1.165) is 19.4 Å². The summed E-state index contributed by atoms with van der Waals surface area (Å²) in [5, 5.41) is 14.1. The van der Waals surface area contributed by atoms with Crippen LogP contribution in [0.1, 0.15) is 33.6 Å². The first-order valence-corrected chi connectivity index (χ1v) is 7.14. The lowest BCUT2D eigenvalue weighted by Crippen LogP contribution is -2.67. The maximum absolute atomic E-state index is 10.5. The molecule has 0 aromatic rings. The predicted octanol–water partition coefficient (Wildman–Crippen LogP) is 0.929. The van der Waals surface area contributed by atoms with Gasteiger partial charge in [0.15, 0.2) is 0 Å². The van der Waals surface area contributed by atoms with Gasteiger partial charge in [-0.05, 0) is 13.3 Å². The van der Waals surface area contributed by atoms with Crippen molar-refractivity contribution in [3.8, 4) is 0 Å². The van der Waals surface area contributed by atoms with Crippen LogP contribution in [0, 0.1) is 11.3 Å². The normalized spacial score (nSPS) is 50.0. The van der Waals surface area contributed by atoms with Crippen LogP contribution in [0.5, 0.6) is 0 Å². The van der Waals surface area contributed by atoms with Gasteiger partial charge in [-0.3, -0.25) is 0 Å². The zero-order chi connectivity index (χ0) is 13.0. The molecule has 3 fully saturated rings. The monoisotopic (exact) mass is 255 g/mol. The molecule has 3 unspecified atom stereocenters. The number of rotatable bonds is 3. The summed E-state index contributed by atoms with van der Waals surface area (Å²) in [6.07, 6.45) is 2.22. The summed E-state index contributed by atoms with van der Waals surface area (Å²) in [4.78, 5) is 0. The third kappa shape index (κ3) is 1.73. The van der Waals surface area contributed by atoms with Crippen LogP contribution in [-0.2, 0) is 9.47 Å². The summed E-state index contributed by atoms with van der Waals surface area (Å²) in [5.41, 5.74) is -0.513. The molecule has 0 spiro atoms. The molecular weight excluding hydrogens is 230 g/mol. The van der Waals surface area contributed by atoms with Crippen LogP contribution in [0.4, 0.5) is 0 Å². The molecule has 2 aliphatic heterocycles. The van der Waals surface area contributed by atoms with Crippen LogP contribution in [0.25, 0.3) is 0 Å². The van der Waals surface area contributed by atoms with Crippen LogP contribution in [0.3, 0.4) is 0 Å². The van der Waals surface area contributed by atoms with Gasteiger partial charge in [-0.15, -0.1) is 0 Å². The highest BCUT2D eigenvalue weighted by Crippen LogP contribution is 2.52. The summed E-state index contributed by atoms with van der Waals surface area (Å²) in [5.74, 6) is 0.626. The second-order valence-electron chi connectivity index (χ2n) is 6.79. The predicted molar refractivity (Wildman–Crippen MR) is 68.4 cm³/mol. The molecule has 2 N–H and O–H groups in total. The van der Waals surface area contributed by atoms with Crippen molar-refractivity contribution in [1.29, 1.82) is 0 Å². The van der Waals surface area contributed by atoms with E-state index in [9.17, 15) is 5.11 Å². The van der Waals surface area contributed by atoms with Gasteiger partial charge >= 0.3 is 0 Å². The number of hydrogen-bond acceptors (Lipinski definition) is 4. The van der Waals surface area contributed by atoms with Crippen LogP contribution in [0.15, 0.2) is 0 Å². The Morgan fingerprint density at radius 3 is 2.72 bits per heavy atom. The molecule has 5 atom stereocenters. The molecule has 0 amide bonds. The molecule has 4 nitrogen and oxygen atoms in total. The Bertz CT molecular complexity index is 333. The average Bonchev–Trinajstić information content (AvgIpc) is 2.87. The third-order valence-electron chi connectivity index (χ3n) is 5.39. The highest BCUT2D eigenvalue weighted by atomic mass is 16.5. The lowest BCUT2D eigenvalue weighted by molar-refractivity contribution is -0.120. The van der Waals surface area contributed by atoms with Crippen molar-refractivity contribution >= 4 is 0 Å². The first-order valence-electron chi connectivity index (χ1n) is 7.14. The van der Waals surface area contributed by atoms with E-state index in [2.05, 4.69) is 19.2 Å².